The molecular weight excluding hydrogens is 384 g/mol. The third-order valence-electron chi connectivity index (χ3n) is 3.68. The Labute approximate surface area is 137 Å². The molecule has 1 aliphatic rings. The zero-order valence-electron chi connectivity index (χ0n) is 11.7. The second-order valence-corrected chi connectivity index (χ2v) is 6.88. The Morgan fingerprint density at radius 2 is 2.20 bits per heavy atom. The van der Waals surface area contributed by atoms with Crippen molar-refractivity contribution in [3.8, 4) is 0 Å². The molecule has 1 fully saturated rings. The van der Waals surface area contributed by atoms with Crippen molar-refractivity contribution in [2.24, 2.45) is 0 Å². The van der Waals surface area contributed by atoms with E-state index < -0.39 is 0 Å². The number of rotatable bonds is 4. The third-order valence-corrected chi connectivity index (χ3v) is 4.87. The van der Waals surface area contributed by atoms with Crippen LogP contribution < -0.4 is 5.32 Å². The van der Waals surface area contributed by atoms with Gasteiger partial charge in [-0.05, 0) is 60.4 Å². The standard InChI is InChI=1S/C15H20Br2N2O/c1-2-19(10-12-5-3-4-8-18-12)15(20)13-9-11(16)6-7-14(13)17/h6-7,9,12,18H,2-5,8,10H2,1H3. The van der Waals surface area contributed by atoms with Crippen LogP contribution in [0.15, 0.2) is 27.1 Å². The van der Waals surface area contributed by atoms with E-state index in [1.165, 1.54) is 12.8 Å². The molecule has 0 aromatic heterocycles. The Morgan fingerprint density at radius 1 is 1.40 bits per heavy atom. The van der Waals surface area contributed by atoms with E-state index in [0.717, 1.165) is 40.6 Å². The number of halogens is 2. The highest BCUT2D eigenvalue weighted by atomic mass is 79.9. The minimum Gasteiger partial charge on any atom is -0.337 e. The lowest BCUT2D eigenvalue weighted by Gasteiger charge is -2.30. The van der Waals surface area contributed by atoms with Gasteiger partial charge in [0.15, 0.2) is 0 Å². The zero-order valence-corrected chi connectivity index (χ0v) is 14.8. The third kappa shape index (κ3) is 4.06. The lowest BCUT2D eigenvalue weighted by Crippen LogP contribution is -2.45. The number of hydrogen-bond acceptors (Lipinski definition) is 2. The number of likely N-dealkylation sites (N-methyl/N-ethyl adjacent to an activating group) is 1. The second-order valence-electron chi connectivity index (χ2n) is 5.11. The predicted octanol–water partition coefficient (Wildman–Crippen LogP) is 3.82. The van der Waals surface area contributed by atoms with Gasteiger partial charge < -0.3 is 10.2 Å². The quantitative estimate of drug-likeness (QED) is 0.828. The molecule has 1 N–H and O–H groups in total. The topological polar surface area (TPSA) is 32.3 Å². The Morgan fingerprint density at radius 3 is 2.85 bits per heavy atom. The molecule has 1 heterocycles. The number of benzene rings is 1. The number of carbonyl (C=O) groups excluding carboxylic acids is 1. The van der Waals surface area contributed by atoms with E-state index in [1.54, 1.807) is 0 Å². The van der Waals surface area contributed by atoms with Gasteiger partial charge in [-0.1, -0.05) is 22.4 Å². The van der Waals surface area contributed by atoms with Gasteiger partial charge in [-0.2, -0.15) is 0 Å². The molecule has 5 heteroatoms. The summed E-state index contributed by atoms with van der Waals surface area (Å²) in [5.74, 6) is 0.0908. The average Bonchev–Trinajstić information content (AvgIpc) is 2.47. The lowest BCUT2D eigenvalue weighted by molar-refractivity contribution is 0.0740. The summed E-state index contributed by atoms with van der Waals surface area (Å²) in [5.41, 5.74) is 0.719. The monoisotopic (exact) mass is 402 g/mol. The first kappa shape index (κ1) is 16.0. The minimum atomic E-state index is 0.0908. The van der Waals surface area contributed by atoms with Gasteiger partial charge in [0.2, 0.25) is 0 Å². The maximum Gasteiger partial charge on any atom is 0.255 e. The number of carbonyl (C=O) groups is 1. The van der Waals surface area contributed by atoms with Crippen molar-refractivity contribution in [2.45, 2.75) is 32.2 Å². The van der Waals surface area contributed by atoms with Gasteiger partial charge in [0.1, 0.15) is 0 Å². The fourth-order valence-electron chi connectivity index (χ4n) is 2.53. The molecule has 3 nitrogen and oxygen atoms in total. The fraction of sp³-hybridized carbons (Fsp3) is 0.533. The molecule has 1 aliphatic heterocycles. The van der Waals surface area contributed by atoms with Crippen LogP contribution in [0.1, 0.15) is 36.5 Å². The van der Waals surface area contributed by atoms with Gasteiger partial charge in [0.05, 0.1) is 5.56 Å². The number of nitrogens with zero attached hydrogens (tertiary/aromatic N) is 1. The molecule has 0 aliphatic carbocycles. The van der Waals surface area contributed by atoms with E-state index in [1.807, 2.05) is 30.0 Å². The molecular formula is C15H20Br2N2O. The van der Waals surface area contributed by atoms with Crippen LogP contribution >= 0.6 is 31.9 Å². The summed E-state index contributed by atoms with van der Waals surface area (Å²) in [6.45, 7) is 4.62. The molecule has 1 atom stereocenters. The van der Waals surface area contributed by atoms with E-state index in [-0.39, 0.29) is 5.91 Å². The summed E-state index contributed by atoms with van der Waals surface area (Å²) in [7, 11) is 0. The first-order chi connectivity index (χ1) is 9.61. The summed E-state index contributed by atoms with van der Waals surface area (Å²) >= 11 is 6.90. The van der Waals surface area contributed by atoms with Gasteiger partial charge in [-0.3, -0.25) is 4.79 Å². The first-order valence-corrected chi connectivity index (χ1v) is 8.68. The summed E-state index contributed by atoms with van der Waals surface area (Å²) in [4.78, 5) is 14.6. The normalized spacial score (nSPS) is 18.9. The predicted molar refractivity (Wildman–Crippen MR) is 89.1 cm³/mol. The molecule has 1 aromatic carbocycles. The van der Waals surface area contributed by atoms with Gasteiger partial charge >= 0.3 is 0 Å². The number of amides is 1. The maximum atomic E-state index is 12.7. The van der Waals surface area contributed by atoms with Gasteiger partial charge in [-0.25, -0.2) is 0 Å². The molecule has 110 valence electrons. The average molecular weight is 404 g/mol. The van der Waals surface area contributed by atoms with E-state index in [2.05, 4.69) is 37.2 Å². The molecule has 0 saturated carbocycles. The maximum absolute atomic E-state index is 12.7. The van der Waals surface area contributed by atoms with E-state index >= 15 is 0 Å². The van der Waals surface area contributed by atoms with Crippen molar-refractivity contribution in [1.29, 1.82) is 0 Å². The fourth-order valence-corrected chi connectivity index (χ4v) is 3.31. The molecule has 2 rings (SSSR count). The van der Waals surface area contributed by atoms with Crippen molar-refractivity contribution in [2.75, 3.05) is 19.6 Å². The van der Waals surface area contributed by atoms with Crippen LogP contribution in [0.4, 0.5) is 0 Å². The minimum absolute atomic E-state index is 0.0908. The van der Waals surface area contributed by atoms with Crippen LogP contribution in [0, 0.1) is 0 Å². The van der Waals surface area contributed by atoms with Gasteiger partial charge in [0, 0.05) is 28.1 Å². The first-order valence-electron chi connectivity index (χ1n) is 7.09. The molecule has 1 amide bonds. The van der Waals surface area contributed by atoms with Crippen LogP contribution in [0.25, 0.3) is 0 Å². The number of hydrogen-bond donors (Lipinski definition) is 1. The van der Waals surface area contributed by atoms with Crippen molar-refractivity contribution in [1.82, 2.24) is 10.2 Å². The molecule has 0 spiro atoms. The number of piperidine rings is 1. The summed E-state index contributed by atoms with van der Waals surface area (Å²) in [6, 6.07) is 6.14. The Bertz CT molecular complexity index is 473. The molecule has 0 bridgehead atoms. The second kappa shape index (κ2) is 7.57. The Kier molecular flexibility index (Phi) is 6.05. The zero-order chi connectivity index (χ0) is 14.5. The Balaban J connectivity index is 2.09. The molecule has 1 unspecified atom stereocenters. The lowest BCUT2D eigenvalue weighted by atomic mass is 10.0. The molecule has 1 aromatic rings. The summed E-state index contributed by atoms with van der Waals surface area (Å²) < 4.78 is 1.77. The highest BCUT2D eigenvalue weighted by molar-refractivity contribution is 9.11. The van der Waals surface area contributed by atoms with Crippen molar-refractivity contribution in [3.05, 3.63) is 32.7 Å². The van der Waals surface area contributed by atoms with Crippen molar-refractivity contribution >= 4 is 37.8 Å². The van der Waals surface area contributed by atoms with Crippen LogP contribution in [0.3, 0.4) is 0 Å². The van der Waals surface area contributed by atoms with Crippen LogP contribution in [-0.2, 0) is 0 Å². The SMILES string of the molecule is CCN(CC1CCCCN1)C(=O)c1cc(Br)ccc1Br. The van der Waals surface area contributed by atoms with Crippen LogP contribution in [-0.4, -0.2) is 36.5 Å². The van der Waals surface area contributed by atoms with E-state index in [9.17, 15) is 4.79 Å². The largest absolute Gasteiger partial charge is 0.337 e. The molecule has 1 saturated heterocycles. The summed E-state index contributed by atoms with van der Waals surface area (Å²) in [6.07, 6.45) is 3.65. The smallest absolute Gasteiger partial charge is 0.255 e. The number of nitrogens with one attached hydrogen (secondary N) is 1. The van der Waals surface area contributed by atoms with E-state index in [0.29, 0.717) is 6.04 Å². The van der Waals surface area contributed by atoms with E-state index in [4.69, 9.17) is 0 Å². The van der Waals surface area contributed by atoms with Crippen molar-refractivity contribution < 1.29 is 4.79 Å². The molecule has 0 radical (unpaired) electrons. The van der Waals surface area contributed by atoms with Gasteiger partial charge in [0.25, 0.3) is 5.91 Å². The Hall–Kier alpha value is -0.390. The van der Waals surface area contributed by atoms with Crippen LogP contribution in [0.2, 0.25) is 0 Å². The van der Waals surface area contributed by atoms with Gasteiger partial charge in [-0.15, -0.1) is 0 Å². The molecule has 20 heavy (non-hydrogen) atoms. The van der Waals surface area contributed by atoms with Crippen molar-refractivity contribution in [3.63, 3.8) is 0 Å². The highest BCUT2D eigenvalue weighted by Crippen LogP contribution is 2.23. The summed E-state index contributed by atoms with van der Waals surface area (Å²) in [5, 5.41) is 3.50. The highest BCUT2D eigenvalue weighted by Gasteiger charge is 2.21. The van der Waals surface area contributed by atoms with Crippen LogP contribution in [0.5, 0.6) is 0 Å².